The van der Waals surface area contributed by atoms with Gasteiger partial charge in [-0.25, -0.2) is 0 Å². The molecule has 1 aromatic rings. The van der Waals surface area contributed by atoms with E-state index < -0.39 is 0 Å². The summed E-state index contributed by atoms with van der Waals surface area (Å²) in [6, 6.07) is 6.87. The van der Waals surface area contributed by atoms with Crippen LogP contribution in [0.15, 0.2) is 24.3 Å². The lowest BCUT2D eigenvalue weighted by molar-refractivity contribution is -0.384. The Balaban J connectivity index is 2.14. The second-order valence-electron chi connectivity index (χ2n) is 5.12. The molecule has 0 amide bonds. The van der Waals surface area contributed by atoms with Gasteiger partial charge in [-0.2, -0.15) is 0 Å². The number of nitro groups is 1. The average Bonchev–Trinajstić information content (AvgIpc) is 2.28. The van der Waals surface area contributed by atoms with Crippen molar-refractivity contribution >= 4 is 11.4 Å². The monoisotopic (exact) mass is 234 g/mol. The molecule has 17 heavy (non-hydrogen) atoms. The molecule has 0 spiro atoms. The first-order valence-electron chi connectivity index (χ1n) is 6.05. The fourth-order valence-electron chi connectivity index (χ4n) is 2.66. The Morgan fingerprint density at radius 3 is 2.18 bits per heavy atom. The number of piperidine rings is 1. The molecule has 2 rings (SSSR count). The molecular formula is C13H18N2O2. The van der Waals surface area contributed by atoms with Crippen LogP contribution in [0.4, 0.5) is 11.4 Å². The first kappa shape index (κ1) is 11.9. The SMILES string of the molecule is C[C@@H]1C[C@H](C)CN(c2ccc([N+](=O)[O-])cc2)C1. The molecule has 4 nitrogen and oxygen atoms in total. The lowest BCUT2D eigenvalue weighted by Crippen LogP contribution is -2.38. The zero-order valence-electron chi connectivity index (χ0n) is 10.3. The number of nitrogens with zero attached hydrogens (tertiary/aromatic N) is 2. The first-order valence-corrected chi connectivity index (χ1v) is 6.05. The van der Waals surface area contributed by atoms with E-state index in [4.69, 9.17) is 0 Å². The topological polar surface area (TPSA) is 46.4 Å². The van der Waals surface area contributed by atoms with E-state index in [9.17, 15) is 10.1 Å². The molecule has 0 aliphatic carbocycles. The molecule has 1 saturated heterocycles. The summed E-state index contributed by atoms with van der Waals surface area (Å²) < 4.78 is 0. The van der Waals surface area contributed by atoms with Gasteiger partial charge in [-0.15, -0.1) is 0 Å². The Labute approximate surface area is 101 Å². The largest absolute Gasteiger partial charge is 0.371 e. The van der Waals surface area contributed by atoms with Crippen LogP contribution in [0.2, 0.25) is 0 Å². The maximum Gasteiger partial charge on any atom is 0.269 e. The fourth-order valence-corrected chi connectivity index (χ4v) is 2.66. The average molecular weight is 234 g/mol. The molecule has 4 heteroatoms. The Hall–Kier alpha value is -1.58. The van der Waals surface area contributed by atoms with Gasteiger partial charge in [-0.05, 0) is 30.4 Å². The molecule has 1 aromatic carbocycles. The van der Waals surface area contributed by atoms with Gasteiger partial charge in [0.1, 0.15) is 0 Å². The van der Waals surface area contributed by atoms with Crippen LogP contribution in [0, 0.1) is 22.0 Å². The Morgan fingerprint density at radius 1 is 1.18 bits per heavy atom. The lowest BCUT2D eigenvalue weighted by atomic mass is 9.91. The molecule has 0 unspecified atom stereocenters. The second kappa shape index (κ2) is 4.73. The fraction of sp³-hybridized carbons (Fsp3) is 0.538. The van der Waals surface area contributed by atoms with E-state index in [0.717, 1.165) is 18.8 Å². The van der Waals surface area contributed by atoms with Crippen molar-refractivity contribution in [2.45, 2.75) is 20.3 Å². The van der Waals surface area contributed by atoms with Crippen molar-refractivity contribution in [1.29, 1.82) is 0 Å². The zero-order chi connectivity index (χ0) is 12.4. The third kappa shape index (κ3) is 2.75. The van der Waals surface area contributed by atoms with Gasteiger partial charge in [0.2, 0.25) is 0 Å². The molecule has 0 bridgehead atoms. The molecule has 1 heterocycles. The van der Waals surface area contributed by atoms with Crippen molar-refractivity contribution in [3.8, 4) is 0 Å². The number of anilines is 1. The van der Waals surface area contributed by atoms with E-state index in [0.29, 0.717) is 11.8 Å². The van der Waals surface area contributed by atoms with E-state index in [1.807, 2.05) is 12.1 Å². The number of benzene rings is 1. The molecule has 0 saturated carbocycles. The molecular weight excluding hydrogens is 216 g/mol. The summed E-state index contributed by atoms with van der Waals surface area (Å²) in [6.45, 7) is 6.60. The number of hydrogen-bond acceptors (Lipinski definition) is 3. The van der Waals surface area contributed by atoms with Crippen LogP contribution in [0.1, 0.15) is 20.3 Å². The van der Waals surface area contributed by atoms with Crippen LogP contribution in [-0.4, -0.2) is 18.0 Å². The number of hydrogen-bond donors (Lipinski definition) is 0. The van der Waals surface area contributed by atoms with Crippen LogP contribution in [0.3, 0.4) is 0 Å². The quantitative estimate of drug-likeness (QED) is 0.583. The number of rotatable bonds is 2. The van der Waals surface area contributed by atoms with Crippen LogP contribution in [0.25, 0.3) is 0 Å². The molecule has 0 aromatic heterocycles. The minimum atomic E-state index is -0.356. The first-order chi connectivity index (χ1) is 8.06. The van der Waals surface area contributed by atoms with Crippen molar-refractivity contribution < 1.29 is 4.92 Å². The highest BCUT2D eigenvalue weighted by Crippen LogP contribution is 2.27. The second-order valence-corrected chi connectivity index (χ2v) is 5.12. The third-order valence-electron chi connectivity index (χ3n) is 3.29. The zero-order valence-corrected chi connectivity index (χ0v) is 10.3. The Kier molecular flexibility index (Phi) is 3.31. The predicted octanol–water partition coefficient (Wildman–Crippen LogP) is 3.08. The lowest BCUT2D eigenvalue weighted by Gasteiger charge is -2.36. The van der Waals surface area contributed by atoms with Gasteiger partial charge in [0.15, 0.2) is 0 Å². The maximum absolute atomic E-state index is 10.6. The smallest absolute Gasteiger partial charge is 0.269 e. The highest BCUT2D eigenvalue weighted by molar-refractivity contribution is 5.51. The van der Waals surface area contributed by atoms with Gasteiger partial charge in [0, 0.05) is 30.9 Å². The predicted molar refractivity (Wildman–Crippen MR) is 68.3 cm³/mol. The maximum atomic E-state index is 10.6. The molecule has 92 valence electrons. The van der Waals surface area contributed by atoms with Crippen LogP contribution < -0.4 is 4.90 Å². The molecule has 2 atom stereocenters. The standard InChI is InChI=1S/C13H18N2O2/c1-10-7-11(2)9-14(8-10)12-3-5-13(6-4-12)15(16)17/h3-6,10-11H,7-9H2,1-2H3/t10-,11+. The molecule has 1 aliphatic rings. The summed E-state index contributed by atoms with van der Waals surface area (Å²) in [6.07, 6.45) is 1.27. The van der Waals surface area contributed by atoms with E-state index in [1.165, 1.54) is 6.42 Å². The third-order valence-corrected chi connectivity index (χ3v) is 3.29. The van der Waals surface area contributed by atoms with Crippen molar-refractivity contribution in [2.24, 2.45) is 11.8 Å². The van der Waals surface area contributed by atoms with Crippen molar-refractivity contribution in [2.75, 3.05) is 18.0 Å². The van der Waals surface area contributed by atoms with Gasteiger partial charge in [-0.1, -0.05) is 13.8 Å². The molecule has 0 radical (unpaired) electrons. The van der Waals surface area contributed by atoms with E-state index in [-0.39, 0.29) is 10.6 Å². The molecule has 1 aliphatic heterocycles. The van der Waals surface area contributed by atoms with Gasteiger partial charge in [0.25, 0.3) is 5.69 Å². The van der Waals surface area contributed by atoms with Gasteiger partial charge in [-0.3, -0.25) is 10.1 Å². The summed E-state index contributed by atoms with van der Waals surface area (Å²) in [7, 11) is 0. The van der Waals surface area contributed by atoms with Crippen molar-refractivity contribution in [3.05, 3.63) is 34.4 Å². The highest BCUT2D eigenvalue weighted by Gasteiger charge is 2.22. The minimum Gasteiger partial charge on any atom is -0.371 e. The number of nitro benzene ring substituents is 1. The normalized spacial score (nSPS) is 24.7. The van der Waals surface area contributed by atoms with Crippen molar-refractivity contribution in [1.82, 2.24) is 0 Å². The molecule has 0 N–H and O–H groups in total. The Bertz CT molecular complexity index is 392. The van der Waals surface area contributed by atoms with Crippen molar-refractivity contribution in [3.63, 3.8) is 0 Å². The van der Waals surface area contributed by atoms with Gasteiger partial charge < -0.3 is 4.90 Å². The van der Waals surface area contributed by atoms with Crippen LogP contribution in [0.5, 0.6) is 0 Å². The summed E-state index contributed by atoms with van der Waals surface area (Å²) in [5.41, 5.74) is 1.25. The Morgan fingerprint density at radius 2 is 1.71 bits per heavy atom. The summed E-state index contributed by atoms with van der Waals surface area (Å²) in [5, 5.41) is 10.6. The summed E-state index contributed by atoms with van der Waals surface area (Å²) in [5.74, 6) is 1.38. The summed E-state index contributed by atoms with van der Waals surface area (Å²) >= 11 is 0. The van der Waals surface area contributed by atoms with E-state index in [2.05, 4.69) is 18.7 Å². The minimum absolute atomic E-state index is 0.159. The van der Waals surface area contributed by atoms with Gasteiger partial charge in [0.05, 0.1) is 4.92 Å². The summed E-state index contributed by atoms with van der Waals surface area (Å²) in [4.78, 5) is 12.6. The highest BCUT2D eigenvalue weighted by atomic mass is 16.6. The van der Waals surface area contributed by atoms with Crippen LogP contribution >= 0.6 is 0 Å². The van der Waals surface area contributed by atoms with Gasteiger partial charge >= 0.3 is 0 Å². The molecule has 1 fully saturated rings. The van der Waals surface area contributed by atoms with Crippen LogP contribution in [-0.2, 0) is 0 Å². The van der Waals surface area contributed by atoms with E-state index in [1.54, 1.807) is 12.1 Å². The number of non-ortho nitro benzene ring substituents is 1. The van der Waals surface area contributed by atoms with E-state index >= 15 is 0 Å².